The van der Waals surface area contributed by atoms with E-state index in [2.05, 4.69) is 16.5 Å². The number of para-hydroxylation sites is 1. The molecule has 0 unspecified atom stereocenters. The molecule has 0 spiro atoms. The van der Waals surface area contributed by atoms with E-state index in [0.717, 1.165) is 54.0 Å². The number of rotatable bonds is 6. The van der Waals surface area contributed by atoms with E-state index >= 15 is 0 Å². The summed E-state index contributed by atoms with van der Waals surface area (Å²) in [6, 6.07) is 8.00. The van der Waals surface area contributed by atoms with Gasteiger partial charge < -0.3 is 14.6 Å². The Balaban J connectivity index is 1.75. The first-order valence-corrected chi connectivity index (χ1v) is 8.92. The van der Waals surface area contributed by atoms with Crippen LogP contribution in [-0.2, 0) is 16.8 Å². The van der Waals surface area contributed by atoms with Crippen molar-refractivity contribution in [1.29, 1.82) is 0 Å². The number of ether oxygens (including phenoxy) is 1. The molecule has 1 aromatic heterocycles. The summed E-state index contributed by atoms with van der Waals surface area (Å²) in [7, 11) is 1.68. The highest BCUT2D eigenvalue weighted by atomic mass is 16.5. The molecule has 25 heavy (non-hydrogen) atoms. The minimum absolute atomic E-state index is 0.0628. The zero-order valence-electron chi connectivity index (χ0n) is 15.2. The van der Waals surface area contributed by atoms with Gasteiger partial charge in [-0.25, -0.2) is 0 Å². The van der Waals surface area contributed by atoms with Crippen LogP contribution in [0.4, 0.5) is 0 Å². The van der Waals surface area contributed by atoms with Crippen molar-refractivity contribution in [3.05, 3.63) is 46.8 Å². The maximum absolute atomic E-state index is 12.7. The Bertz CT molecular complexity index is 726. The van der Waals surface area contributed by atoms with E-state index in [4.69, 9.17) is 9.26 Å². The number of nitrogens with zero attached hydrogens (tertiary/aromatic N) is 1. The van der Waals surface area contributed by atoms with Gasteiger partial charge in [-0.2, -0.15) is 0 Å². The molecule has 1 fully saturated rings. The molecule has 1 aromatic carbocycles. The van der Waals surface area contributed by atoms with Crippen LogP contribution in [0.5, 0.6) is 5.75 Å². The average molecular weight is 342 g/mol. The summed E-state index contributed by atoms with van der Waals surface area (Å²) in [5, 5.41) is 7.27. The number of nitrogens with one attached hydrogen (secondary N) is 1. The van der Waals surface area contributed by atoms with Gasteiger partial charge in [0, 0.05) is 17.5 Å². The lowest BCUT2D eigenvalue weighted by Gasteiger charge is -2.32. The first-order chi connectivity index (χ1) is 12.1. The Morgan fingerprint density at radius 1 is 1.28 bits per heavy atom. The zero-order valence-corrected chi connectivity index (χ0v) is 15.2. The van der Waals surface area contributed by atoms with Crippen LogP contribution >= 0.6 is 0 Å². The summed E-state index contributed by atoms with van der Waals surface area (Å²) in [6.07, 6.45) is 5.20. The second-order valence-corrected chi connectivity index (χ2v) is 6.84. The maximum atomic E-state index is 12.7. The van der Waals surface area contributed by atoms with Gasteiger partial charge in [0.15, 0.2) is 0 Å². The van der Waals surface area contributed by atoms with Gasteiger partial charge in [0.25, 0.3) is 0 Å². The molecule has 0 radical (unpaired) electrons. The number of methoxy groups -OCH3 is 1. The summed E-state index contributed by atoms with van der Waals surface area (Å²) < 4.78 is 10.7. The molecule has 2 aromatic rings. The predicted molar refractivity (Wildman–Crippen MR) is 95.6 cm³/mol. The minimum Gasteiger partial charge on any atom is -0.496 e. The van der Waals surface area contributed by atoms with Gasteiger partial charge >= 0.3 is 0 Å². The number of carbonyl (C=O) groups excluding carboxylic acids is 1. The van der Waals surface area contributed by atoms with Gasteiger partial charge in [0.2, 0.25) is 5.91 Å². The SMILES string of the molecule is COc1ccccc1C1(NC(=O)CCc2c(C)noc2C)CCCC1. The maximum Gasteiger partial charge on any atom is 0.221 e. The molecule has 0 saturated heterocycles. The fourth-order valence-corrected chi connectivity index (χ4v) is 3.91. The molecule has 1 amide bonds. The van der Waals surface area contributed by atoms with Crippen LogP contribution in [0.15, 0.2) is 28.8 Å². The van der Waals surface area contributed by atoms with Crippen molar-refractivity contribution in [1.82, 2.24) is 10.5 Å². The van der Waals surface area contributed by atoms with Crippen LogP contribution in [0.2, 0.25) is 0 Å². The monoisotopic (exact) mass is 342 g/mol. The number of aryl methyl sites for hydroxylation is 2. The summed E-state index contributed by atoms with van der Waals surface area (Å²) >= 11 is 0. The third kappa shape index (κ3) is 3.55. The Kier molecular flexibility index (Phi) is 5.11. The van der Waals surface area contributed by atoms with Gasteiger partial charge in [0.05, 0.1) is 18.3 Å². The van der Waals surface area contributed by atoms with Gasteiger partial charge in [-0.15, -0.1) is 0 Å². The molecule has 1 saturated carbocycles. The number of hydrogen-bond acceptors (Lipinski definition) is 4. The van der Waals surface area contributed by atoms with Crippen LogP contribution in [-0.4, -0.2) is 18.2 Å². The van der Waals surface area contributed by atoms with Crippen molar-refractivity contribution in [2.45, 2.75) is 57.9 Å². The van der Waals surface area contributed by atoms with Crippen LogP contribution in [0.3, 0.4) is 0 Å². The van der Waals surface area contributed by atoms with Crippen LogP contribution in [0.1, 0.15) is 54.7 Å². The molecule has 134 valence electrons. The Labute approximate surface area is 148 Å². The lowest BCUT2D eigenvalue weighted by molar-refractivity contribution is -0.123. The second-order valence-electron chi connectivity index (χ2n) is 6.84. The normalized spacial score (nSPS) is 16.0. The second kappa shape index (κ2) is 7.30. The minimum atomic E-state index is -0.317. The molecular weight excluding hydrogens is 316 g/mol. The van der Waals surface area contributed by atoms with E-state index in [1.165, 1.54) is 0 Å². The molecule has 5 heteroatoms. The number of amides is 1. The van der Waals surface area contributed by atoms with Crippen molar-refractivity contribution in [3.63, 3.8) is 0 Å². The number of benzene rings is 1. The van der Waals surface area contributed by atoms with Gasteiger partial charge in [-0.1, -0.05) is 36.2 Å². The van der Waals surface area contributed by atoms with Crippen molar-refractivity contribution in [2.75, 3.05) is 7.11 Å². The molecule has 1 heterocycles. The highest BCUT2D eigenvalue weighted by molar-refractivity contribution is 5.77. The van der Waals surface area contributed by atoms with Crippen LogP contribution in [0, 0.1) is 13.8 Å². The molecule has 5 nitrogen and oxygen atoms in total. The Morgan fingerprint density at radius 2 is 2.00 bits per heavy atom. The zero-order chi connectivity index (χ0) is 17.9. The van der Waals surface area contributed by atoms with Crippen molar-refractivity contribution in [3.8, 4) is 5.75 Å². The summed E-state index contributed by atoms with van der Waals surface area (Å²) in [4.78, 5) is 12.7. The van der Waals surface area contributed by atoms with E-state index in [0.29, 0.717) is 12.8 Å². The van der Waals surface area contributed by atoms with Gasteiger partial charge in [-0.3, -0.25) is 4.79 Å². The fraction of sp³-hybridized carbons (Fsp3) is 0.500. The fourth-order valence-electron chi connectivity index (χ4n) is 3.91. The number of hydrogen-bond donors (Lipinski definition) is 1. The van der Waals surface area contributed by atoms with Crippen LogP contribution < -0.4 is 10.1 Å². The quantitative estimate of drug-likeness (QED) is 0.867. The molecule has 1 aliphatic rings. The third-order valence-corrected chi connectivity index (χ3v) is 5.24. The smallest absolute Gasteiger partial charge is 0.221 e. The summed E-state index contributed by atoms with van der Waals surface area (Å²) in [6.45, 7) is 3.80. The predicted octanol–water partition coefficient (Wildman–Crippen LogP) is 3.82. The van der Waals surface area contributed by atoms with E-state index in [1.54, 1.807) is 7.11 Å². The molecule has 3 rings (SSSR count). The van der Waals surface area contributed by atoms with E-state index in [1.807, 2.05) is 32.0 Å². The lowest BCUT2D eigenvalue weighted by atomic mass is 9.87. The molecule has 1 N–H and O–H groups in total. The molecule has 0 aliphatic heterocycles. The van der Waals surface area contributed by atoms with Gasteiger partial charge in [-0.05, 0) is 39.2 Å². The van der Waals surface area contributed by atoms with Crippen molar-refractivity contribution >= 4 is 5.91 Å². The average Bonchev–Trinajstić information content (AvgIpc) is 3.21. The Hall–Kier alpha value is -2.30. The topological polar surface area (TPSA) is 64.4 Å². The number of aromatic nitrogens is 1. The first kappa shape index (κ1) is 17.5. The lowest BCUT2D eigenvalue weighted by Crippen LogP contribution is -2.44. The summed E-state index contributed by atoms with van der Waals surface area (Å²) in [5.41, 5.74) is 2.67. The van der Waals surface area contributed by atoms with E-state index in [9.17, 15) is 4.79 Å². The van der Waals surface area contributed by atoms with Crippen molar-refractivity contribution < 1.29 is 14.1 Å². The highest BCUT2D eigenvalue weighted by Crippen LogP contribution is 2.42. The van der Waals surface area contributed by atoms with Crippen molar-refractivity contribution in [2.24, 2.45) is 0 Å². The first-order valence-electron chi connectivity index (χ1n) is 8.92. The molecule has 1 aliphatic carbocycles. The Morgan fingerprint density at radius 3 is 2.64 bits per heavy atom. The molecule has 0 bridgehead atoms. The van der Waals surface area contributed by atoms with E-state index in [-0.39, 0.29) is 11.4 Å². The number of carbonyl (C=O) groups is 1. The largest absolute Gasteiger partial charge is 0.496 e. The standard InChI is InChI=1S/C20H26N2O3/c1-14-16(15(2)25-22-14)10-11-19(23)21-20(12-6-7-13-20)17-8-4-5-9-18(17)24-3/h4-5,8-9H,6-7,10-13H2,1-3H3,(H,21,23). The summed E-state index contributed by atoms with van der Waals surface area (Å²) in [5.74, 6) is 1.70. The molecular formula is C20H26N2O3. The third-order valence-electron chi connectivity index (χ3n) is 5.24. The molecule has 0 atom stereocenters. The van der Waals surface area contributed by atoms with Crippen LogP contribution in [0.25, 0.3) is 0 Å². The van der Waals surface area contributed by atoms with E-state index < -0.39 is 0 Å². The highest BCUT2D eigenvalue weighted by Gasteiger charge is 2.38. The van der Waals surface area contributed by atoms with Gasteiger partial charge in [0.1, 0.15) is 11.5 Å².